The second-order valence-corrected chi connectivity index (χ2v) is 8.88. The highest BCUT2D eigenvalue weighted by Gasteiger charge is 2.71. The van der Waals surface area contributed by atoms with Crippen LogP contribution in [-0.2, 0) is 19.9 Å². The molecule has 3 amide bonds. The Morgan fingerprint density at radius 2 is 1.71 bits per heavy atom. The number of methoxy groups -OCH3 is 1. The van der Waals surface area contributed by atoms with E-state index in [1.54, 1.807) is 29.2 Å². The summed E-state index contributed by atoms with van der Waals surface area (Å²) in [6.07, 6.45) is 0. The summed E-state index contributed by atoms with van der Waals surface area (Å²) in [6.45, 7) is 2.34. The lowest BCUT2D eigenvalue weighted by molar-refractivity contribution is -0.132. The quantitative estimate of drug-likeness (QED) is 0.533. The number of carbonyl (C=O) groups is 3. The summed E-state index contributed by atoms with van der Waals surface area (Å²) in [5.74, 6) is -1.89. The first-order valence-electron chi connectivity index (χ1n) is 10.2. The van der Waals surface area contributed by atoms with Gasteiger partial charge in [-0.2, -0.15) is 0 Å². The third-order valence-corrected chi connectivity index (χ3v) is 7.00. The number of para-hydroxylation sites is 3. The summed E-state index contributed by atoms with van der Waals surface area (Å²) >= 11 is 3.42. The van der Waals surface area contributed by atoms with Gasteiger partial charge in [-0.1, -0.05) is 46.3 Å². The Hall–Kier alpha value is -2.71. The summed E-state index contributed by atoms with van der Waals surface area (Å²) in [4.78, 5) is 44.1. The van der Waals surface area contributed by atoms with Crippen LogP contribution in [0.15, 0.2) is 48.5 Å². The zero-order valence-electron chi connectivity index (χ0n) is 17.2. The number of anilines is 2. The summed E-state index contributed by atoms with van der Waals surface area (Å²) in [7, 11) is 1.51. The molecular weight excluding hydrogens is 462 g/mol. The molecule has 4 atom stereocenters. The second-order valence-electron chi connectivity index (χ2n) is 8.09. The molecule has 2 aromatic carbocycles. The van der Waals surface area contributed by atoms with Gasteiger partial charge >= 0.3 is 0 Å². The molecule has 31 heavy (non-hydrogen) atoms. The van der Waals surface area contributed by atoms with Crippen molar-refractivity contribution in [1.82, 2.24) is 5.32 Å². The van der Waals surface area contributed by atoms with Crippen molar-refractivity contribution < 1.29 is 19.1 Å². The molecule has 0 aliphatic carbocycles. The zero-order chi connectivity index (χ0) is 21.9. The van der Waals surface area contributed by atoms with Crippen LogP contribution in [0.5, 0.6) is 5.75 Å². The molecule has 0 bridgehead atoms. The number of amides is 3. The van der Waals surface area contributed by atoms with Gasteiger partial charge in [-0.05, 0) is 25.1 Å². The number of hydrogen-bond donors (Lipinski definition) is 1. The van der Waals surface area contributed by atoms with Gasteiger partial charge in [0.05, 0.1) is 24.6 Å². The molecule has 0 aromatic heterocycles. The van der Waals surface area contributed by atoms with E-state index in [1.807, 2.05) is 31.2 Å². The van der Waals surface area contributed by atoms with Crippen LogP contribution in [0, 0.1) is 11.8 Å². The number of benzene rings is 2. The molecule has 2 fully saturated rings. The van der Waals surface area contributed by atoms with Crippen LogP contribution in [0.3, 0.4) is 0 Å². The standard InChI is InChI=1S/C23H22BrN3O4/c1-13-18-19(21(29)27(20(18)28)16-9-5-6-10-17(16)31-2)23(25-13)14-7-3-4-8-15(14)26(12-11-24)22(23)30/h3-10,13,18-19,25H,11-12H2,1-2H3. The zero-order valence-corrected chi connectivity index (χ0v) is 18.8. The number of imide groups is 1. The molecule has 2 saturated heterocycles. The highest BCUT2D eigenvalue weighted by molar-refractivity contribution is 9.09. The van der Waals surface area contributed by atoms with Gasteiger partial charge in [0.15, 0.2) is 0 Å². The molecule has 0 radical (unpaired) electrons. The lowest BCUT2D eigenvalue weighted by atomic mass is 9.76. The molecule has 5 rings (SSSR count). The number of ether oxygens (including phenoxy) is 1. The average molecular weight is 484 g/mol. The van der Waals surface area contributed by atoms with E-state index in [1.165, 1.54) is 12.0 Å². The van der Waals surface area contributed by atoms with Crippen LogP contribution in [0.25, 0.3) is 0 Å². The molecule has 1 N–H and O–H groups in total. The first kappa shape index (κ1) is 20.2. The highest BCUT2D eigenvalue weighted by Crippen LogP contribution is 2.55. The molecule has 2 aromatic rings. The maximum absolute atomic E-state index is 13.8. The van der Waals surface area contributed by atoms with Gasteiger partial charge in [-0.15, -0.1) is 0 Å². The maximum Gasteiger partial charge on any atom is 0.252 e. The SMILES string of the molecule is COc1ccccc1N1C(=O)C2C(C)NC3(C(=O)N(CCBr)c4ccccc43)C2C1=O. The highest BCUT2D eigenvalue weighted by atomic mass is 79.9. The Morgan fingerprint density at radius 1 is 1.03 bits per heavy atom. The largest absolute Gasteiger partial charge is 0.495 e. The van der Waals surface area contributed by atoms with E-state index in [4.69, 9.17) is 4.74 Å². The summed E-state index contributed by atoms with van der Waals surface area (Å²) in [5.41, 5.74) is 0.686. The first-order chi connectivity index (χ1) is 15.0. The topological polar surface area (TPSA) is 79.0 Å². The van der Waals surface area contributed by atoms with Crippen LogP contribution < -0.4 is 19.9 Å². The molecule has 3 aliphatic heterocycles. The number of nitrogens with one attached hydrogen (secondary N) is 1. The van der Waals surface area contributed by atoms with Crippen molar-refractivity contribution in [2.45, 2.75) is 18.5 Å². The number of carbonyl (C=O) groups excluding carboxylic acids is 3. The fraction of sp³-hybridized carbons (Fsp3) is 0.348. The van der Waals surface area contributed by atoms with Gasteiger partial charge in [0.2, 0.25) is 11.8 Å². The number of nitrogens with zero attached hydrogens (tertiary/aromatic N) is 2. The van der Waals surface area contributed by atoms with Crippen molar-refractivity contribution in [1.29, 1.82) is 0 Å². The van der Waals surface area contributed by atoms with Crippen LogP contribution in [-0.4, -0.2) is 42.7 Å². The average Bonchev–Trinajstić information content (AvgIpc) is 3.32. The van der Waals surface area contributed by atoms with Crippen molar-refractivity contribution >= 4 is 45.0 Å². The van der Waals surface area contributed by atoms with Gasteiger partial charge in [-0.3, -0.25) is 19.7 Å². The van der Waals surface area contributed by atoms with Gasteiger partial charge in [-0.25, -0.2) is 4.90 Å². The molecule has 7 nitrogen and oxygen atoms in total. The Morgan fingerprint density at radius 3 is 2.42 bits per heavy atom. The first-order valence-corrected chi connectivity index (χ1v) is 11.4. The van der Waals surface area contributed by atoms with Crippen molar-refractivity contribution in [2.75, 3.05) is 28.8 Å². The third-order valence-electron chi connectivity index (χ3n) is 6.65. The number of halogens is 1. The van der Waals surface area contributed by atoms with E-state index >= 15 is 0 Å². The smallest absolute Gasteiger partial charge is 0.252 e. The van der Waals surface area contributed by atoms with E-state index in [2.05, 4.69) is 21.2 Å². The van der Waals surface area contributed by atoms with Gasteiger partial charge in [0.1, 0.15) is 11.3 Å². The van der Waals surface area contributed by atoms with Crippen LogP contribution in [0.4, 0.5) is 11.4 Å². The predicted octanol–water partition coefficient (Wildman–Crippen LogP) is 2.43. The predicted molar refractivity (Wildman–Crippen MR) is 119 cm³/mol. The Labute approximate surface area is 188 Å². The van der Waals surface area contributed by atoms with Gasteiger partial charge in [0, 0.05) is 29.2 Å². The van der Waals surface area contributed by atoms with Crippen molar-refractivity contribution in [3.8, 4) is 5.75 Å². The minimum Gasteiger partial charge on any atom is -0.495 e. The lowest BCUT2D eigenvalue weighted by Crippen LogP contribution is -2.55. The minimum absolute atomic E-state index is 0.185. The van der Waals surface area contributed by atoms with Crippen LogP contribution in [0.1, 0.15) is 12.5 Å². The molecule has 3 aliphatic rings. The molecule has 160 valence electrons. The van der Waals surface area contributed by atoms with E-state index in [-0.39, 0.29) is 23.8 Å². The summed E-state index contributed by atoms with van der Waals surface area (Å²) in [5, 5.41) is 3.99. The monoisotopic (exact) mass is 483 g/mol. The second kappa shape index (κ2) is 7.17. The summed E-state index contributed by atoms with van der Waals surface area (Å²) in [6, 6.07) is 14.1. The summed E-state index contributed by atoms with van der Waals surface area (Å²) < 4.78 is 5.40. The molecular formula is C23H22BrN3O4. The third kappa shape index (κ3) is 2.52. The van der Waals surface area contributed by atoms with E-state index in [9.17, 15) is 14.4 Å². The van der Waals surface area contributed by atoms with Crippen molar-refractivity contribution in [3.05, 3.63) is 54.1 Å². The maximum atomic E-state index is 13.8. The number of fused-ring (bicyclic) bond motifs is 4. The molecule has 0 saturated carbocycles. The Kier molecular flexibility index (Phi) is 4.67. The number of alkyl halides is 1. The molecule has 3 heterocycles. The number of rotatable bonds is 4. The van der Waals surface area contributed by atoms with E-state index in [0.717, 1.165) is 11.3 Å². The Bertz CT molecular complexity index is 1110. The van der Waals surface area contributed by atoms with Crippen LogP contribution >= 0.6 is 15.9 Å². The van der Waals surface area contributed by atoms with E-state index < -0.39 is 17.4 Å². The van der Waals surface area contributed by atoms with E-state index in [0.29, 0.717) is 23.3 Å². The lowest BCUT2D eigenvalue weighted by Gasteiger charge is -2.30. The van der Waals surface area contributed by atoms with Gasteiger partial charge < -0.3 is 9.64 Å². The molecule has 1 spiro atoms. The Balaban J connectivity index is 1.67. The minimum atomic E-state index is -1.26. The normalized spacial score (nSPS) is 29.1. The number of hydrogen-bond acceptors (Lipinski definition) is 5. The van der Waals surface area contributed by atoms with Gasteiger partial charge in [0.25, 0.3) is 5.91 Å². The fourth-order valence-corrected chi connectivity index (χ4v) is 5.82. The van der Waals surface area contributed by atoms with Crippen LogP contribution in [0.2, 0.25) is 0 Å². The van der Waals surface area contributed by atoms with Crippen molar-refractivity contribution in [3.63, 3.8) is 0 Å². The molecule has 4 unspecified atom stereocenters. The molecule has 8 heteroatoms. The van der Waals surface area contributed by atoms with Crippen molar-refractivity contribution in [2.24, 2.45) is 11.8 Å². The fourth-order valence-electron chi connectivity index (χ4n) is 5.47.